The largest absolute Gasteiger partial charge is 0.378 e. The Hall–Kier alpha value is -1.99. The SMILES string of the molecule is O=C(CC[C@@H]1CCCN(Cc2ccc3nonc3c2)C1)N1CCOCC1. The van der Waals surface area contributed by atoms with Crippen LogP contribution in [0, 0.1) is 5.92 Å². The second-order valence-electron chi connectivity index (χ2n) is 7.36. The molecule has 4 rings (SSSR count). The lowest BCUT2D eigenvalue weighted by molar-refractivity contribution is -0.135. The Morgan fingerprint density at radius 2 is 2.00 bits per heavy atom. The molecule has 0 saturated carbocycles. The van der Waals surface area contributed by atoms with E-state index in [2.05, 4.69) is 27.3 Å². The van der Waals surface area contributed by atoms with Crippen molar-refractivity contribution >= 4 is 16.9 Å². The Kier molecular flexibility index (Phi) is 5.45. The summed E-state index contributed by atoms with van der Waals surface area (Å²) in [7, 11) is 0. The van der Waals surface area contributed by atoms with E-state index >= 15 is 0 Å². The molecule has 0 radical (unpaired) electrons. The summed E-state index contributed by atoms with van der Waals surface area (Å²) >= 11 is 0. The summed E-state index contributed by atoms with van der Waals surface area (Å²) in [5.74, 6) is 0.889. The third kappa shape index (κ3) is 4.22. The smallest absolute Gasteiger partial charge is 0.222 e. The van der Waals surface area contributed by atoms with Gasteiger partial charge in [-0.2, -0.15) is 0 Å². The predicted molar refractivity (Wildman–Crippen MR) is 96.4 cm³/mol. The van der Waals surface area contributed by atoms with Crippen LogP contribution < -0.4 is 0 Å². The normalized spacial score (nSPS) is 22.0. The summed E-state index contributed by atoms with van der Waals surface area (Å²) in [6.45, 7) is 5.93. The molecule has 140 valence electrons. The number of hydrogen-bond donors (Lipinski definition) is 0. The van der Waals surface area contributed by atoms with Gasteiger partial charge in [-0.05, 0) is 59.7 Å². The number of rotatable bonds is 5. The van der Waals surface area contributed by atoms with E-state index in [0.29, 0.717) is 25.6 Å². The summed E-state index contributed by atoms with van der Waals surface area (Å²) in [5.41, 5.74) is 2.84. The Morgan fingerprint density at radius 1 is 1.15 bits per heavy atom. The highest BCUT2D eigenvalue weighted by Gasteiger charge is 2.23. The molecule has 0 unspecified atom stereocenters. The van der Waals surface area contributed by atoms with Crippen LogP contribution in [0.1, 0.15) is 31.2 Å². The number of aromatic nitrogens is 2. The molecule has 0 aliphatic carbocycles. The van der Waals surface area contributed by atoms with Crippen molar-refractivity contribution in [2.45, 2.75) is 32.2 Å². The second kappa shape index (κ2) is 8.14. The topological polar surface area (TPSA) is 71.7 Å². The number of fused-ring (bicyclic) bond motifs is 1. The van der Waals surface area contributed by atoms with Crippen molar-refractivity contribution in [2.24, 2.45) is 5.92 Å². The molecular weight excluding hydrogens is 332 g/mol. The molecule has 2 aliphatic rings. The predicted octanol–water partition coefficient (Wildman–Crippen LogP) is 2.07. The Morgan fingerprint density at radius 3 is 2.88 bits per heavy atom. The molecule has 7 heteroatoms. The van der Waals surface area contributed by atoms with Gasteiger partial charge in [0.15, 0.2) is 0 Å². The van der Waals surface area contributed by atoms with Crippen LogP contribution in [0.2, 0.25) is 0 Å². The van der Waals surface area contributed by atoms with Gasteiger partial charge in [0.2, 0.25) is 5.91 Å². The fourth-order valence-corrected chi connectivity index (χ4v) is 4.01. The average molecular weight is 358 g/mol. The molecule has 3 heterocycles. The van der Waals surface area contributed by atoms with Crippen LogP contribution in [0.15, 0.2) is 22.8 Å². The lowest BCUT2D eigenvalue weighted by Crippen LogP contribution is -2.41. The first-order chi connectivity index (χ1) is 12.8. The number of carbonyl (C=O) groups excluding carboxylic acids is 1. The maximum absolute atomic E-state index is 12.3. The van der Waals surface area contributed by atoms with Gasteiger partial charge in [-0.3, -0.25) is 9.69 Å². The lowest BCUT2D eigenvalue weighted by atomic mass is 9.92. The fourth-order valence-electron chi connectivity index (χ4n) is 4.01. The molecule has 0 N–H and O–H groups in total. The summed E-state index contributed by atoms with van der Waals surface area (Å²) in [6.07, 6.45) is 4.07. The third-order valence-corrected chi connectivity index (χ3v) is 5.46. The van der Waals surface area contributed by atoms with E-state index < -0.39 is 0 Å². The van der Waals surface area contributed by atoms with E-state index in [9.17, 15) is 4.79 Å². The minimum Gasteiger partial charge on any atom is -0.378 e. The molecule has 1 atom stereocenters. The molecule has 7 nitrogen and oxygen atoms in total. The fraction of sp³-hybridized carbons (Fsp3) is 0.632. The molecule has 1 amide bonds. The van der Waals surface area contributed by atoms with Crippen molar-refractivity contribution in [3.05, 3.63) is 23.8 Å². The van der Waals surface area contributed by atoms with E-state index in [0.717, 1.165) is 50.2 Å². The van der Waals surface area contributed by atoms with Gasteiger partial charge in [0.25, 0.3) is 0 Å². The number of amides is 1. The van der Waals surface area contributed by atoms with E-state index in [-0.39, 0.29) is 5.91 Å². The Bertz CT molecular complexity index is 741. The van der Waals surface area contributed by atoms with Crippen LogP contribution in [0.4, 0.5) is 0 Å². The van der Waals surface area contributed by atoms with Crippen molar-refractivity contribution in [1.29, 1.82) is 0 Å². The van der Waals surface area contributed by atoms with Crippen molar-refractivity contribution in [3.63, 3.8) is 0 Å². The zero-order valence-corrected chi connectivity index (χ0v) is 15.1. The van der Waals surface area contributed by atoms with Gasteiger partial charge in [-0.15, -0.1) is 0 Å². The minimum atomic E-state index is 0.286. The maximum Gasteiger partial charge on any atom is 0.222 e. The summed E-state index contributed by atoms with van der Waals surface area (Å²) < 4.78 is 10.1. The lowest BCUT2D eigenvalue weighted by Gasteiger charge is -2.33. The molecule has 2 aliphatic heterocycles. The van der Waals surface area contributed by atoms with Gasteiger partial charge < -0.3 is 9.64 Å². The van der Waals surface area contributed by atoms with E-state index in [1.807, 2.05) is 11.0 Å². The summed E-state index contributed by atoms with van der Waals surface area (Å²) in [4.78, 5) is 16.8. The molecule has 2 aromatic rings. The first-order valence-electron chi connectivity index (χ1n) is 9.57. The van der Waals surface area contributed by atoms with Gasteiger partial charge in [-0.1, -0.05) is 6.07 Å². The molecule has 0 bridgehead atoms. The molecule has 1 aromatic carbocycles. The van der Waals surface area contributed by atoms with Crippen LogP contribution in [-0.4, -0.2) is 65.4 Å². The van der Waals surface area contributed by atoms with Crippen LogP contribution in [0.25, 0.3) is 11.0 Å². The van der Waals surface area contributed by atoms with Gasteiger partial charge in [0.05, 0.1) is 13.2 Å². The van der Waals surface area contributed by atoms with Crippen LogP contribution in [0.5, 0.6) is 0 Å². The zero-order valence-electron chi connectivity index (χ0n) is 15.1. The first kappa shape index (κ1) is 17.4. The van der Waals surface area contributed by atoms with Crippen LogP contribution >= 0.6 is 0 Å². The molecule has 1 aromatic heterocycles. The number of carbonyl (C=O) groups is 1. The third-order valence-electron chi connectivity index (χ3n) is 5.46. The van der Waals surface area contributed by atoms with Crippen molar-refractivity contribution in [2.75, 3.05) is 39.4 Å². The van der Waals surface area contributed by atoms with Crippen LogP contribution in [0.3, 0.4) is 0 Å². The van der Waals surface area contributed by atoms with E-state index in [1.165, 1.54) is 18.4 Å². The number of ether oxygens (including phenoxy) is 1. The number of nitrogens with zero attached hydrogens (tertiary/aromatic N) is 4. The Labute approximate surface area is 153 Å². The van der Waals surface area contributed by atoms with Gasteiger partial charge in [0.1, 0.15) is 11.0 Å². The zero-order chi connectivity index (χ0) is 17.8. The van der Waals surface area contributed by atoms with E-state index in [4.69, 9.17) is 9.37 Å². The quantitative estimate of drug-likeness (QED) is 0.815. The minimum absolute atomic E-state index is 0.286. The van der Waals surface area contributed by atoms with Crippen molar-refractivity contribution < 1.29 is 14.2 Å². The molecular formula is C19H26N4O3. The highest BCUT2D eigenvalue weighted by Crippen LogP contribution is 2.23. The summed E-state index contributed by atoms with van der Waals surface area (Å²) in [6, 6.07) is 6.11. The molecule has 0 spiro atoms. The number of hydrogen-bond acceptors (Lipinski definition) is 6. The number of benzene rings is 1. The van der Waals surface area contributed by atoms with Crippen molar-refractivity contribution in [3.8, 4) is 0 Å². The highest BCUT2D eigenvalue weighted by molar-refractivity contribution is 5.76. The molecule has 2 fully saturated rings. The monoisotopic (exact) mass is 358 g/mol. The summed E-state index contributed by atoms with van der Waals surface area (Å²) in [5, 5.41) is 7.78. The van der Waals surface area contributed by atoms with Gasteiger partial charge in [0, 0.05) is 32.6 Å². The first-order valence-corrected chi connectivity index (χ1v) is 9.57. The van der Waals surface area contributed by atoms with Crippen molar-refractivity contribution in [1.82, 2.24) is 20.1 Å². The Balaban J connectivity index is 1.27. The average Bonchev–Trinajstić information content (AvgIpc) is 3.15. The number of piperidine rings is 1. The molecule has 2 saturated heterocycles. The van der Waals surface area contributed by atoms with E-state index in [1.54, 1.807) is 0 Å². The highest BCUT2D eigenvalue weighted by atomic mass is 16.6. The maximum atomic E-state index is 12.3. The standard InChI is InChI=1S/C19H26N4O3/c24-19(23-8-10-25-11-9-23)6-4-15-2-1-7-22(13-15)14-16-3-5-17-18(12-16)21-26-20-17/h3,5,12,15H,1-2,4,6-11,13-14H2/t15-/m0/s1. The van der Waals surface area contributed by atoms with Gasteiger partial charge in [-0.25, -0.2) is 4.63 Å². The number of likely N-dealkylation sites (tertiary alicyclic amines) is 1. The van der Waals surface area contributed by atoms with Gasteiger partial charge >= 0.3 is 0 Å². The number of morpholine rings is 1. The molecule has 26 heavy (non-hydrogen) atoms. The second-order valence-corrected chi connectivity index (χ2v) is 7.36. The van der Waals surface area contributed by atoms with Crippen LogP contribution in [-0.2, 0) is 16.1 Å².